The molecule has 1 aliphatic carbocycles. The van der Waals surface area contributed by atoms with E-state index in [1.165, 1.54) is 5.56 Å². The van der Waals surface area contributed by atoms with Gasteiger partial charge in [-0.05, 0) is 18.4 Å². The van der Waals surface area contributed by atoms with Gasteiger partial charge in [0.2, 0.25) is 0 Å². The summed E-state index contributed by atoms with van der Waals surface area (Å²) in [5.41, 5.74) is 1.17. The molecule has 0 radical (unpaired) electrons. The summed E-state index contributed by atoms with van der Waals surface area (Å²) < 4.78 is 16.6. The van der Waals surface area contributed by atoms with Crippen LogP contribution in [0.3, 0.4) is 0 Å². The Bertz CT molecular complexity index is 368. The molecule has 2 rings (SSSR count). The van der Waals surface area contributed by atoms with E-state index >= 15 is 0 Å². The van der Waals surface area contributed by atoms with Crippen LogP contribution in [0.2, 0.25) is 0 Å². The Kier molecular flexibility index (Phi) is 7.75. The number of benzene rings is 1. The van der Waals surface area contributed by atoms with Crippen molar-refractivity contribution in [3.05, 3.63) is 35.9 Å². The fraction of sp³-hybridized carbons (Fsp3) is 0.647. The van der Waals surface area contributed by atoms with Crippen molar-refractivity contribution in [2.45, 2.75) is 44.5 Å². The molecular formula is C17H26O4. The van der Waals surface area contributed by atoms with E-state index in [4.69, 9.17) is 14.2 Å². The predicted octanol–water partition coefficient (Wildman–Crippen LogP) is 2.54. The highest BCUT2D eigenvalue weighted by Crippen LogP contribution is 2.20. The number of aliphatic hydroxyl groups excluding tert-OH is 1. The highest BCUT2D eigenvalue weighted by atomic mass is 16.5. The molecular weight excluding hydrogens is 268 g/mol. The first kappa shape index (κ1) is 16.4. The minimum Gasteiger partial charge on any atom is -0.390 e. The van der Waals surface area contributed by atoms with E-state index in [1.807, 2.05) is 30.3 Å². The summed E-state index contributed by atoms with van der Waals surface area (Å²) in [6, 6.07) is 10.1. The highest BCUT2D eigenvalue weighted by Gasteiger charge is 2.23. The average molecular weight is 294 g/mol. The van der Waals surface area contributed by atoms with Crippen LogP contribution >= 0.6 is 0 Å². The summed E-state index contributed by atoms with van der Waals surface area (Å²) >= 11 is 0. The zero-order chi connectivity index (χ0) is 14.8. The fourth-order valence-electron chi connectivity index (χ4n) is 2.51. The molecule has 2 atom stereocenters. The van der Waals surface area contributed by atoms with Gasteiger partial charge in [0.1, 0.15) is 0 Å². The van der Waals surface area contributed by atoms with E-state index in [-0.39, 0.29) is 12.2 Å². The van der Waals surface area contributed by atoms with Gasteiger partial charge in [0.15, 0.2) is 0 Å². The van der Waals surface area contributed by atoms with Gasteiger partial charge < -0.3 is 19.3 Å². The number of ether oxygens (including phenoxy) is 3. The second-order valence-corrected chi connectivity index (χ2v) is 5.41. The standard InChI is InChI=1S/C17H26O4/c18-16-8-4-5-9-17(16)21-13-12-19-10-11-20-14-15-6-2-1-3-7-15/h1-3,6-7,16-18H,4-5,8-14H2/t16-,17-/m1/s1. The third-order valence-corrected chi connectivity index (χ3v) is 3.71. The minimum atomic E-state index is -0.298. The summed E-state index contributed by atoms with van der Waals surface area (Å²) in [7, 11) is 0. The van der Waals surface area contributed by atoms with Crippen LogP contribution in [0, 0.1) is 0 Å². The second-order valence-electron chi connectivity index (χ2n) is 5.41. The van der Waals surface area contributed by atoms with Crippen LogP contribution in [-0.2, 0) is 20.8 Å². The lowest BCUT2D eigenvalue weighted by Crippen LogP contribution is -2.33. The molecule has 1 aromatic rings. The molecule has 0 spiro atoms. The van der Waals surface area contributed by atoms with Gasteiger partial charge in [0, 0.05) is 0 Å². The van der Waals surface area contributed by atoms with Gasteiger partial charge in [-0.15, -0.1) is 0 Å². The van der Waals surface area contributed by atoms with Crippen molar-refractivity contribution in [1.82, 2.24) is 0 Å². The summed E-state index contributed by atoms with van der Waals surface area (Å²) in [4.78, 5) is 0. The third kappa shape index (κ3) is 6.57. The first-order valence-corrected chi connectivity index (χ1v) is 7.85. The van der Waals surface area contributed by atoms with E-state index in [9.17, 15) is 5.11 Å². The van der Waals surface area contributed by atoms with Crippen LogP contribution < -0.4 is 0 Å². The lowest BCUT2D eigenvalue weighted by molar-refractivity contribution is -0.0765. The Morgan fingerprint density at radius 3 is 2.43 bits per heavy atom. The zero-order valence-electron chi connectivity index (χ0n) is 12.6. The van der Waals surface area contributed by atoms with Crippen molar-refractivity contribution >= 4 is 0 Å². The molecule has 0 amide bonds. The molecule has 4 heteroatoms. The quantitative estimate of drug-likeness (QED) is 0.711. The molecule has 1 fully saturated rings. The molecule has 0 heterocycles. The molecule has 0 aliphatic heterocycles. The number of aliphatic hydroxyl groups is 1. The van der Waals surface area contributed by atoms with Crippen molar-refractivity contribution in [1.29, 1.82) is 0 Å². The van der Waals surface area contributed by atoms with Crippen molar-refractivity contribution in [2.24, 2.45) is 0 Å². The monoisotopic (exact) mass is 294 g/mol. The van der Waals surface area contributed by atoms with E-state index in [1.54, 1.807) is 0 Å². The molecule has 1 aliphatic rings. The Morgan fingerprint density at radius 1 is 0.905 bits per heavy atom. The van der Waals surface area contributed by atoms with E-state index < -0.39 is 0 Å². The van der Waals surface area contributed by atoms with Crippen LogP contribution in [0.1, 0.15) is 31.2 Å². The highest BCUT2D eigenvalue weighted by molar-refractivity contribution is 5.13. The van der Waals surface area contributed by atoms with Gasteiger partial charge in [-0.2, -0.15) is 0 Å². The summed E-state index contributed by atoms with van der Waals surface area (Å²) in [5, 5.41) is 9.76. The summed E-state index contributed by atoms with van der Waals surface area (Å²) in [6.45, 7) is 2.87. The predicted molar refractivity (Wildman–Crippen MR) is 81.1 cm³/mol. The van der Waals surface area contributed by atoms with Crippen molar-refractivity contribution < 1.29 is 19.3 Å². The molecule has 21 heavy (non-hydrogen) atoms. The maximum absolute atomic E-state index is 9.76. The van der Waals surface area contributed by atoms with E-state index in [0.717, 1.165) is 25.7 Å². The smallest absolute Gasteiger partial charge is 0.0835 e. The van der Waals surface area contributed by atoms with Crippen LogP contribution in [0.4, 0.5) is 0 Å². The van der Waals surface area contributed by atoms with Gasteiger partial charge in [-0.1, -0.05) is 43.2 Å². The summed E-state index contributed by atoms with van der Waals surface area (Å²) in [5.74, 6) is 0. The minimum absolute atomic E-state index is 0.00307. The van der Waals surface area contributed by atoms with Gasteiger partial charge >= 0.3 is 0 Å². The molecule has 0 saturated heterocycles. The lowest BCUT2D eigenvalue weighted by Gasteiger charge is -2.27. The molecule has 0 aromatic heterocycles. The average Bonchev–Trinajstić information content (AvgIpc) is 2.52. The van der Waals surface area contributed by atoms with Gasteiger partial charge in [-0.25, -0.2) is 0 Å². The molecule has 118 valence electrons. The SMILES string of the molecule is O[C@@H]1CCCC[C@H]1OCCOCCOCc1ccccc1. The molecule has 0 unspecified atom stereocenters. The van der Waals surface area contributed by atoms with Gasteiger partial charge in [-0.3, -0.25) is 0 Å². The zero-order valence-corrected chi connectivity index (χ0v) is 12.6. The molecule has 0 bridgehead atoms. The molecule has 4 nitrogen and oxygen atoms in total. The number of hydrogen-bond acceptors (Lipinski definition) is 4. The normalized spacial score (nSPS) is 22.3. The number of rotatable bonds is 9. The van der Waals surface area contributed by atoms with Crippen molar-refractivity contribution in [3.8, 4) is 0 Å². The maximum atomic E-state index is 9.76. The van der Waals surface area contributed by atoms with Crippen LogP contribution in [-0.4, -0.2) is 43.7 Å². The van der Waals surface area contributed by atoms with Crippen LogP contribution in [0.25, 0.3) is 0 Å². The maximum Gasteiger partial charge on any atom is 0.0835 e. The topological polar surface area (TPSA) is 47.9 Å². The largest absolute Gasteiger partial charge is 0.390 e. The first-order chi connectivity index (χ1) is 10.4. The van der Waals surface area contributed by atoms with Crippen molar-refractivity contribution in [3.63, 3.8) is 0 Å². The van der Waals surface area contributed by atoms with E-state index in [2.05, 4.69) is 0 Å². The van der Waals surface area contributed by atoms with Crippen LogP contribution in [0.5, 0.6) is 0 Å². The Morgan fingerprint density at radius 2 is 1.62 bits per heavy atom. The molecule has 1 aromatic carbocycles. The van der Waals surface area contributed by atoms with Crippen molar-refractivity contribution in [2.75, 3.05) is 26.4 Å². The second kappa shape index (κ2) is 9.90. The third-order valence-electron chi connectivity index (χ3n) is 3.71. The molecule has 1 N–H and O–H groups in total. The van der Waals surface area contributed by atoms with Gasteiger partial charge in [0.05, 0.1) is 45.2 Å². The first-order valence-electron chi connectivity index (χ1n) is 7.85. The Balaban J connectivity index is 1.42. The molecule has 1 saturated carbocycles. The summed E-state index contributed by atoms with van der Waals surface area (Å²) in [6.07, 6.45) is 3.77. The van der Waals surface area contributed by atoms with E-state index in [0.29, 0.717) is 33.0 Å². The Labute approximate surface area is 127 Å². The fourth-order valence-corrected chi connectivity index (χ4v) is 2.51. The lowest BCUT2D eigenvalue weighted by atomic mass is 9.95. The van der Waals surface area contributed by atoms with Crippen LogP contribution in [0.15, 0.2) is 30.3 Å². The van der Waals surface area contributed by atoms with Gasteiger partial charge in [0.25, 0.3) is 0 Å². The Hall–Kier alpha value is -0.940. The number of hydrogen-bond donors (Lipinski definition) is 1.